The molecule has 0 radical (unpaired) electrons. The van der Waals surface area contributed by atoms with Crippen molar-refractivity contribution in [3.63, 3.8) is 0 Å². The number of hydrogen-bond acceptors (Lipinski definition) is 4. The highest BCUT2D eigenvalue weighted by Gasteiger charge is 2.34. The monoisotopic (exact) mass is 368 g/mol. The van der Waals surface area contributed by atoms with Gasteiger partial charge in [-0.05, 0) is 56.2 Å². The number of thioether (sulfide) groups is 1. The summed E-state index contributed by atoms with van der Waals surface area (Å²) in [4.78, 5) is 15.8. The highest BCUT2D eigenvalue weighted by Crippen LogP contribution is 2.27. The molecule has 2 fully saturated rings. The van der Waals surface area contributed by atoms with Crippen LogP contribution in [0.2, 0.25) is 0 Å². The molecule has 24 heavy (non-hydrogen) atoms. The Balaban J connectivity index is 1.63. The molecule has 2 aliphatic rings. The minimum atomic E-state index is -3.46. The van der Waals surface area contributed by atoms with Gasteiger partial charge in [0.2, 0.25) is 15.9 Å². The van der Waals surface area contributed by atoms with E-state index < -0.39 is 10.0 Å². The molecule has 1 aromatic carbocycles. The Hall–Kier alpha value is -1.05. The number of sulfonamides is 1. The Bertz CT molecular complexity index is 674. The first kappa shape index (κ1) is 17.8. The number of carbonyl (C=O) groups is 1. The summed E-state index contributed by atoms with van der Waals surface area (Å²) in [6, 6.07) is 7.01. The standard InChI is InChI=1S/C17H24N2O3S2/c1-23-15-4-6-16(7-5-15)24(21,22)19-12-8-14(9-13-19)17(20)18-10-2-3-11-18/h4-7,14H,2-3,8-13H2,1H3. The van der Waals surface area contributed by atoms with Crippen LogP contribution in [0.25, 0.3) is 0 Å². The summed E-state index contributed by atoms with van der Waals surface area (Å²) in [5, 5.41) is 0. The van der Waals surface area contributed by atoms with Crippen molar-refractivity contribution in [3.8, 4) is 0 Å². The van der Waals surface area contributed by atoms with E-state index in [4.69, 9.17) is 0 Å². The maximum absolute atomic E-state index is 12.7. The first-order chi connectivity index (χ1) is 11.5. The molecule has 1 aromatic rings. The van der Waals surface area contributed by atoms with Gasteiger partial charge in [0, 0.05) is 37.0 Å². The van der Waals surface area contributed by atoms with Gasteiger partial charge in [-0.15, -0.1) is 11.8 Å². The lowest BCUT2D eigenvalue weighted by molar-refractivity contribution is -0.135. The predicted molar refractivity (Wildman–Crippen MR) is 95.5 cm³/mol. The van der Waals surface area contributed by atoms with Crippen molar-refractivity contribution < 1.29 is 13.2 Å². The molecule has 0 unspecified atom stereocenters. The summed E-state index contributed by atoms with van der Waals surface area (Å²) in [5.74, 6) is 0.197. The maximum atomic E-state index is 12.7. The lowest BCUT2D eigenvalue weighted by atomic mass is 9.97. The zero-order valence-electron chi connectivity index (χ0n) is 14.0. The van der Waals surface area contributed by atoms with Crippen LogP contribution >= 0.6 is 11.8 Å². The SMILES string of the molecule is CSc1ccc(S(=O)(=O)N2CCC(C(=O)N3CCCC3)CC2)cc1. The molecule has 132 valence electrons. The van der Waals surface area contributed by atoms with Crippen molar-refractivity contribution in [3.05, 3.63) is 24.3 Å². The van der Waals surface area contributed by atoms with E-state index in [0.717, 1.165) is 30.8 Å². The highest BCUT2D eigenvalue weighted by molar-refractivity contribution is 7.98. The van der Waals surface area contributed by atoms with Crippen LogP contribution in [-0.4, -0.2) is 56.0 Å². The second-order valence-corrected chi connectivity index (χ2v) is 9.20. The molecule has 0 aromatic heterocycles. The third kappa shape index (κ3) is 3.63. The molecule has 2 heterocycles. The van der Waals surface area contributed by atoms with Gasteiger partial charge >= 0.3 is 0 Å². The van der Waals surface area contributed by atoms with Crippen LogP contribution in [0, 0.1) is 5.92 Å². The third-order valence-corrected chi connectivity index (χ3v) is 7.57. The van der Waals surface area contributed by atoms with Gasteiger partial charge in [-0.3, -0.25) is 4.79 Å². The summed E-state index contributed by atoms with van der Waals surface area (Å²) < 4.78 is 27.0. The first-order valence-electron chi connectivity index (χ1n) is 8.45. The fraction of sp³-hybridized carbons (Fsp3) is 0.588. The van der Waals surface area contributed by atoms with E-state index in [-0.39, 0.29) is 11.8 Å². The van der Waals surface area contributed by atoms with Crippen molar-refractivity contribution in [1.29, 1.82) is 0 Å². The van der Waals surface area contributed by atoms with Gasteiger partial charge in [0.25, 0.3) is 0 Å². The van der Waals surface area contributed by atoms with Crippen LogP contribution in [0.3, 0.4) is 0 Å². The number of carbonyl (C=O) groups excluding carboxylic acids is 1. The molecule has 0 saturated carbocycles. The Kier molecular flexibility index (Phi) is 5.52. The number of benzene rings is 1. The number of nitrogens with zero attached hydrogens (tertiary/aromatic N) is 2. The minimum absolute atomic E-state index is 0.0200. The molecule has 7 heteroatoms. The van der Waals surface area contributed by atoms with E-state index in [0.29, 0.717) is 30.8 Å². The topological polar surface area (TPSA) is 57.7 Å². The van der Waals surface area contributed by atoms with Crippen molar-refractivity contribution >= 4 is 27.7 Å². The smallest absolute Gasteiger partial charge is 0.243 e. The van der Waals surface area contributed by atoms with E-state index in [1.165, 1.54) is 4.31 Å². The molecule has 0 atom stereocenters. The van der Waals surface area contributed by atoms with Gasteiger partial charge < -0.3 is 4.90 Å². The molecule has 0 aliphatic carbocycles. The van der Waals surface area contributed by atoms with E-state index in [1.54, 1.807) is 23.9 Å². The normalized spacial score (nSPS) is 20.5. The Morgan fingerprint density at radius 2 is 1.62 bits per heavy atom. The molecule has 2 saturated heterocycles. The Morgan fingerprint density at radius 1 is 1.04 bits per heavy atom. The van der Waals surface area contributed by atoms with Crippen molar-refractivity contribution in [2.45, 2.75) is 35.5 Å². The van der Waals surface area contributed by atoms with Gasteiger partial charge in [-0.2, -0.15) is 4.31 Å². The van der Waals surface area contributed by atoms with Crippen LogP contribution in [0.5, 0.6) is 0 Å². The molecule has 1 amide bonds. The fourth-order valence-electron chi connectivity index (χ4n) is 3.44. The van der Waals surface area contributed by atoms with Gasteiger partial charge in [0.1, 0.15) is 0 Å². The summed E-state index contributed by atoms with van der Waals surface area (Å²) in [6.07, 6.45) is 5.39. The van der Waals surface area contributed by atoms with Crippen molar-refractivity contribution in [2.24, 2.45) is 5.92 Å². The van der Waals surface area contributed by atoms with E-state index in [9.17, 15) is 13.2 Å². The van der Waals surface area contributed by atoms with E-state index in [2.05, 4.69) is 0 Å². The van der Waals surface area contributed by atoms with Crippen LogP contribution in [0.1, 0.15) is 25.7 Å². The number of amides is 1. The summed E-state index contributed by atoms with van der Waals surface area (Å²) >= 11 is 1.59. The summed E-state index contributed by atoms with van der Waals surface area (Å²) in [7, 11) is -3.46. The molecule has 3 rings (SSSR count). The Morgan fingerprint density at radius 3 is 2.17 bits per heavy atom. The molecular weight excluding hydrogens is 344 g/mol. The second kappa shape index (κ2) is 7.45. The van der Waals surface area contributed by atoms with E-state index in [1.807, 2.05) is 23.3 Å². The molecule has 2 aliphatic heterocycles. The van der Waals surface area contributed by atoms with Crippen LogP contribution in [-0.2, 0) is 14.8 Å². The van der Waals surface area contributed by atoms with Gasteiger partial charge in [-0.1, -0.05) is 0 Å². The molecule has 0 bridgehead atoms. The number of rotatable bonds is 4. The van der Waals surface area contributed by atoms with Gasteiger partial charge in [-0.25, -0.2) is 8.42 Å². The molecule has 5 nitrogen and oxygen atoms in total. The van der Waals surface area contributed by atoms with Crippen LogP contribution < -0.4 is 0 Å². The van der Waals surface area contributed by atoms with Crippen LogP contribution in [0.15, 0.2) is 34.1 Å². The predicted octanol–water partition coefficient (Wildman–Crippen LogP) is 2.43. The lowest BCUT2D eigenvalue weighted by Crippen LogP contribution is -2.43. The quantitative estimate of drug-likeness (QED) is 0.766. The average Bonchev–Trinajstić information content (AvgIpc) is 3.16. The minimum Gasteiger partial charge on any atom is -0.342 e. The molecule has 0 N–H and O–H groups in total. The molecular formula is C17H24N2O3S2. The average molecular weight is 369 g/mol. The van der Waals surface area contributed by atoms with Crippen LogP contribution in [0.4, 0.5) is 0 Å². The third-order valence-electron chi connectivity index (χ3n) is 4.92. The largest absolute Gasteiger partial charge is 0.342 e. The Labute approximate surface area is 148 Å². The van der Waals surface area contributed by atoms with Crippen molar-refractivity contribution in [2.75, 3.05) is 32.4 Å². The highest BCUT2D eigenvalue weighted by atomic mass is 32.2. The number of piperidine rings is 1. The molecule has 0 spiro atoms. The van der Waals surface area contributed by atoms with Gasteiger partial charge in [0.15, 0.2) is 0 Å². The number of hydrogen-bond donors (Lipinski definition) is 0. The van der Waals surface area contributed by atoms with Gasteiger partial charge in [0.05, 0.1) is 4.90 Å². The summed E-state index contributed by atoms with van der Waals surface area (Å²) in [6.45, 7) is 2.58. The zero-order valence-corrected chi connectivity index (χ0v) is 15.6. The first-order valence-corrected chi connectivity index (χ1v) is 11.1. The second-order valence-electron chi connectivity index (χ2n) is 6.39. The number of likely N-dealkylation sites (tertiary alicyclic amines) is 1. The van der Waals surface area contributed by atoms with Crippen molar-refractivity contribution in [1.82, 2.24) is 9.21 Å². The maximum Gasteiger partial charge on any atom is 0.243 e. The lowest BCUT2D eigenvalue weighted by Gasteiger charge is -2.32. The fourth-order valence-corrected chi connectivity index (χ4v) is 5.31. The van der Waals surface area contributed by atoms with E-state index >= 15 is 0 Å². The zero-order chi connectivity index (χ0) is 17.2. The summed E-state index contributed by atoms with van der Waals surface area (Å²) in [5.41, 5.74) is 0.